The SMILES string of the molecule is COc1ccc(S(=O)(=O)C(C(=O)NO)C2(CC(=O)N3CCCC3)C=CC=N2)cc1. The van der Waals surface area contributed by atoms with Crippen LogP contribution in [0.15, 0.2) is 46.3 Å². The van der Waals surface area contributed by atoms with Gasteiger partial charge in [-0.2, -0.15) is 0 Å². The first kappa shape index (κ1) is 21.0. The minimum Gasteiger partial charge on any atom is -0.497 e. The predicted octanol–water partition coefficient (Wildman–Crippen LogP) is 0.735. The highest BCUT2D eigenvalue weighted by atomic mass is 32.2. The summed E-state index contributed by atoms with van der Waals surface area (Å²) in [5.74, 6) is -0.990. The van der Waals surface area contributed by atoms with E-state index in [0.717, 1.165) is 12.8 Å². The average molecular weight is 421 g/mol. The van der Waals surface area contributed by atoms with Gasteiger partial charge in [-0.3, -0.25) is 19.8 Å². The molecule has 2 unspecified atom stereocenters. The van der Waals surface area contributed by atoms with Crippen molar-refractivity contribution >= 4 is 27.9 Å². The van der Waals surface area contributed by atoms with Gasteiger partial charge in [0.05, 0.1) is 18.4 Å². The maximum atomic E-state index is 13.4. The van der Waals surface area contributed by atoms with Crippen molar-refractivity contribution < 1.29 is 28.0 Å². The van der Waals surface area contributed by atoms with E-state index in [0.29, 0.717) is 18.8 Å². The second-order valence-electron chi connectivity index (χ2n) is 6.97. The number of likely N-dealkylation sites (tertiary alicyclic amines) is 1. The molecule has 1 fully saturated rings. The van der Waals surface area contributed by atoms with Crippen LogP contribution in [-0.4, -0.2) is 67.5 Å². The van der Waals surface area contributed by atoms with Gasteiger partial charge in [-0.05, 0) is 43.2 Å². The van der Waals surface area contributed by atoms with Crippen LogP contribution >= 0.6 is 0 Å². The number of allylic oxidation sites excluding steroid dienone is 1. The number of benzene rings is 1. The van der Waals surface area contributed by atoms with E-state index in [1.54, 1.807) is 4.90 Å². The lowest BCUT2D eigenvalue weighted by Crippen LogP contribution is -2.54. The van der Waals surface area contributed by atoms with E-state index in [9.17, 15) is 23.2 Å². The number of ether oxygens (including phenoxy) is 1. The molecule has 0 bridgehead atoms. The third-order valence-corrected chi connectivity index (χ3v) is 7.35. The Bertz CT molecular complexity index is 921. The van der Waals surface area contributed by atoms with Crippen molar-refractivity contribution in [2.45, 2.75) is 34.9 Å². The van der Waals surface area contributed by atoms with E-state index in [1.165, 1.54) is 55.2 Å². The zero-order chi connectivity index (χ0) is 21.1. The first-order valence-corrected chi connectivity index (χ1v) is 10.7. The van der Waals surface area contributed by atoms with Gasteiger partial charge in [-0.1, -0.05) is 6.08 Å². The van der Waals surface area contributed by atoms with Gasteiger partial charge in [0.25, 0.3) is 5.91 Å². The van der Waals surface area contributed by atoms with E-state index in [2.05, 4.69) is 4.99 Å². The molecule has 1 aromatic rings. The van der Waals surface area contributed by atoms with Crippen LogP contribution in [0.25, 0.3) is 0 Å². The van der Waals surface area contributed by atoms with E-state index in [1.807, 2.05) is 0 Å². The predicted molar refractivity (Wildman–Crippen MR) is 105 cm³/mol. The number of carbonyl (C=O) groups excluding carboxylic acids is 2. The number of carbonyl (C=O) groups is 2. The van der Waals surface area contributed by atoms with Gasteiger partial charge in [0, 0.05) is 19.3 Å². The number of sulfone groups is 1. The van der Waals surface area contributed by atoms with Crippen LogP contribution in [0.2, 0.25) is 0 Å². The summed E-state index contributed by atoms with van der Waals surface area (Å²) in [6.07, 6.45) is 5.75. The van der Waals surface area contributed by atoms with Crippen molar-refractivity contribution in [2.24, 2.45) is 4.99 Å². The summed E-state index contributed by atoms with van der Waals surface area (Å²) >= 11 is 0. The molecule has 2 atom stereocenters. The Morgan fingerprint density at radius 3 is 2.45 bits per heavy atom. The second kappa shape index (κ2) is 8.34. The van der Waals surface area contributed by atoms with E-state index in [4.69, 9.17) is 4.74 Å². The Balaban J connectivity index is 2.02. The van der Waals surface area contributed by atoms with E-state index in [-0.39, 0.29) is 17.2 Å². The Morgan fingerprint density at radius 2 is 1.93 bits per heavy atom. The molecule has 9 nitrogen and oxygen atoms in total. The standard InChI is InChI=1S/C19H23N3O6S/c1-28-14-5-7-15(8-6-14)29(26,27)17(18(24)21-25)19(9-4-10-20-19)13-16(23)22-11-2-3-12-22/h4-10,17,25H,2-3,11-13H2,1H3,(H,21,24). The number of amides is 2. The van der Waals surface area contributed by atoms with Crippen LogP contribution in [0.5, 0.6) is 5.75 Å². The molecule has 2 aliphatic heterocycles. The summed E-state index contributed by atoms with van der Waals surface area (Å²) < 4.78 is 31.8. The molecular weight excluding hydrogens is 398 g/mol. The lowest BCUT2D eigenvalue weighted by atomic mass is 9.91. The molecule has 1 aromatic carbocycles. The highest BCUT2D eigenvalue weighted by molar-refractivity contribution is 7.93. The molecule has 2 aliphatic rings. The summed E-state index contributed by atoms with van der Waals surface area (Å²) in [7, 11) is -2.86. The summed E-state index contributed by atoms with van der Waals surface area (Å²) in [4.78, 5) is 31.0. The zero-order valence-corrected chi connectivity index (χ0v) is 16.8. The maximum Gasteiger partial charge on any atom is 0.264 e. The molecule has 1 saturated heterocycles. The smallest absolute Gasteiger partial charge is 0.264 e. The lowest BCUT2D eigenvalue weighted by Gasteiger charge is -2.32. The molecular formula is C19H23N3O6S. The first-order chi connectivity index (χ1) is 13.8. The molecule has 2 N–H and O–H groups in total. The molecule has 2 amide bonds. The zero-order valence-electron chi connectivity index (χ0n) is 15.9. The minimum absolute atomic E-state index is 0.143. The molecule has 29 heavy (non-hydrogen) atoms. The lowest BCUT2D eigenvalue weighted by molar-refractivity contribution is -0.132. The molecule has 0 aromatic heterocycles. The van der Waals surface area contributed by atoms with Crippen molar-refractivity contribution in [2.75, 3.05) is 20.2 Å². The largest absolute Gasteiger partial charge is 0.497 e. The number of nitrogens with one attached hydrogen (secondary N) is 1. The summed E-state index contributed by atoms with van der Waals surface area (Å²) in [5.41, 5.74) is -0.215. The summed E-state index contributed by atoms with van der Waals surface area (Å²) in [6, 6.07) is 5.53. The van der Waals surface area contributed by atoms with Gasteiger partial charge >= 0.3 is 0 Å². The van der Waals surface area contributed by atoms with Gasteiger partial charge < -0.3 is 9.64 Å². The van der Waals surface area contributed by atoms with Crippen LogP contribution in [0.3, 0.4) is 0 Å². The Morgan fingerprint density at radius 1 is 1.28 bits per heavy atom. The number of methoxy groups -OCH3 is 1. The van der Waals surface area contributed by atoms with Crippen LogP contribution < -0.4 is 10.2 Å². The van der Waals surface area contributed by atoms with Gasteiger partial charge in [0.1, 0.15) is 11.3 Å². The molecule has 0 aliphatic carbocycles. The number of hydrogen-bond donors (Lipinski definition) is 2. The summed E-state index contributed by atoms with van der Waals surface area (Å²) in [5, 5.41) is 7.44. The normalized spacial score (nSPS) is 21.9. The molecule has 0 saturated carbocycles. The van der Waals surface area contributed by atoms with Crippen LogP contribution in [0.1, 0.15) is 19.3 Å². The molecule has 2 heterocycles. The fourth-order valence-electron chi connectivity index (χ4n) is 3.70. The fourth-order valence-corrected chi connectivity index (χ4v) is 5.59. The second-order valence-corrected chi connectivity index (χ2v) is 9.00. The van der Waals surface area contributed by atoms with Gasteiger partial charge in [0.15, 0.2) is 15.1 Å². The van der Waals surface area contributed by atoms with Crippen molar-refractivity contribution in [3.8, 4) is 5.75 Å². The third kappa shape index (κ3) is 4.03. The van der Waals surface area contributed by atoms with Gasteiger partial charge in [-0.15, -0.1) is 0 Å². The topological polar surface area (TPSA) is 125 Å². The average Bonchev–Trinajstić information content (AvgIpc) is 3.40. The number of nitrogens with zero attached hydrogens (tertiary/aromatic N) is 2. The third-order valence-electron chi connectivity index (χ3n) is 5.18. The van der Waals surface area contributed by atoms with E-state index >= 15 is 0 Å². The van der Waals surface area contributed by atoms with Gasteiger partial charge in [0.2, 0.25) is 5.91 Å². The Kier molecular flexibility index (Phi) is 6.04. The summed E-state index contributed by atoms with van der Waals surface area (Å²) in [6.45, 7) is 1.18. The molecule has 0 spiro atoms. The number of rotatable bonds is 7. The van der Waals surface area contributed by atoms with Gasteiger partial charge in [-0.25, -0.2) is 13.9 Å². The van der Waals surface area contributed by atoms with Crippen molar-refractivity contribution in [1.82, 2.24) is 10.4 Å². The molecule has 0 radical (unpaired) electrons. The fraction of sp³-hybridized carbons (Fsp3) is 0.421. The monoisotopic (exact) mass is 421 g/mol. The highest BCUT2D eigenvalue weighted by Crippen LogP contribution is 2.35. The van der Waals surface area contributed by atoms with Crippen LogP contribution in [0, 0.1) is 0 Å². The van der Waals surface area contributed by atoms with Crippen LogP contribution in [-0.2, 0) is 19.4 Å². The van der Waals surface area contributed by atoms with Crippen molar-refractivity contribution in [3.63, 3.8) is 0 Å². The highest BCUT2D eigenvalue weighted by Gasteiger charge is 2.52. The quantitative estimate of drug-likeness (QED) is 0.494. The molecule has 156 valence electrons. The van der Waals surface area contributed by atoms with Crippen LogP contribution in [0.4, 0.5) is 0 Å². The molecule has 10 heteroatoms. The first-order valence-electron chi connectivity index (χ1n) is 9.17. The Labute approximate surface area is 168 Å². The maximum absolute atomic E-state index is 13.4. The van der Waals surface area contributed by atoms with Crippen molar-refractivity contribution in [3.05, 3.63) is 36.4 Å². The minimum atomic E-state index is -4.31. The number of hydrogen-bond acceptors (Lipinski definition) is 7. The number of hydroxylamine groups is 1. The number of aliphatic imine (C=N–C) groups is 1. The Hall–Kier alpha value is -2.72. The molecule has 3 rings (SSSR count). The van der Waals surface area contributed by atoms with E-state index < -0.39 is 26.5 Å². The van der Waals surface area contributed by atoms with Crippen molar-refractivity contribution in [1.29, 1.82) is 0 Å².